The fourth-order valence-corrected chi connectivity index (χ4v) is 7.10. The summed E-state index contributed by atoms with van der Waals surface area (Å²) in [4.78, 5) is 0. The lowest BCUT2D eigenvalue weighted by atomic mass is 9.71. The van der Waals surface area contributed by atoms with E-state index in [0.29, 0.717) is 0 Å². The highest BCUT2D eigenvalue weighted by Crippen LogP contribution is 2.38. The molecule has 3 rings (SSSR count). The van der Waals surface area contributed by atoms with Gasteiger partial charge in [0.1, 0.15) is 0 Å². The average Bonchev–Trinajstić information content (AvgIpc) is 2.55. The molecule has 0 aromatic carbocycles. The summed E-state index contributed by atoms with van der Waals surface area (Å²) in [5, 5.41) is 4.88. The highest BCUT2D eigenvalue weighted by molar-refractivity contribution is 8.06. The Hall–Kier alpha value is 0.660. The van der Waals surface area contributed by atoms with Crippen molar-refractivity contribution in [3.8, 4) is 0 Å². The Labute approximate surface area is 133 Å². The molecule has 0 spiro atoms. The molecule has 0 radical (unpaired) electrons. The van der Waals surface area contributed by atoms with Crippen LogP contribution in [0.3, 0.4) is 0 Å². The third-order valence-corrected chi connectivity index (χ3v) is 8.41. The largest absolute Gasteiger partial charge is 0.313 e. The second kappa shape index (κ2) is 8.33. The molecule has 3 fully saturated rings. The molecule has 2 aliphatic carbocycles. The number of hydrogen-bond donors (Lipinski definition) is 1. The first-order valence-electron chi connectivity index (χ1n) is 8.86. The molecular formula is C17H31NS2. The lowest BCUT2D eigenvalue weighted by Crippen LogP contribution is -2.45. The molecule has 0 aromatic rings. The maximum Gasteiger partial charge on any atom is 0.0263 e. The van der Waals surface area contributed by atoms with E-state index in [1.165, 1.54) is 81.6 Å². The molecule has 3 unspecified atom stereocenters. The zero-order valence-electron chi connectivity index (χ0n) is 12.8. The van der Waals surface area contributed by atoms with E-state index in [4.69, 9.17) is 0 Å². The third kappa shape index (κ3) is 4.33. The van der Waals surface area contributed by atoms with Crippen LogP contribution in [0.2, 0.25) is 0 Å². The Bertz CT molecular complexity index is 272. The Morgan fingerprint density at radius 3 is 2.45 bits per heavy atom. The van der Waals surface area contributed by atoms with E-state index >= 15 is 0 Å². The van der Waals surface area contributed by atoms with E-state index in [-0.39, 0.29) is 0 Å². The normalized spacial score (nSPS) is 36.9. The molecule has 1 aliphatic heterocycles. The van der Waals surface area contributed by atoms with E-state index in [0.717, 1.165) is 23.1 Å². The van der Waals surface area contributed by atoms with Crippen LogP contribution >= 0.6 is 23.5 Å². The summed E-state index contributed by atoms with van der Waals surface area (Å²) >= 11 is 4.36. The zero-order valence-corrected chi connectivity index (χ0v) is 14.5. The molecule has 3 atom stereocenters. The van der Waals surface area contributed by atoms with E-state index in [1.807, 2.05) is 0 Å². The highest BCUT2D eigenvalue weighted by Gasteiger charge is 2.32. The van der Waals surface area contributed by atoms with Gasteiger partial charge < -0.3 is 5.32 Å². The number of thioether (sulfide) groups is 2. The first-order chi connectivity index (χ1) is 9.93. The van der Waals surface area contributed by atoms with Crippen molar-refractivity contribution < 1.29 is 0 Å². The molecule has 2 saturated carbocycles. The molecule has 20 heavy (non-hydrogen) atoms. The second-order valence-corrected chi connectivity index (χ2v) is 9.49. The van der Waals surface area contributed by atoms with Crippen LogP contribution < -0.4 is 5.32 Å². The van der Waals surface area contributed by atoms with Crippen LogP contribution in [0.5, 0.6) is 0 Å². The van der Waals surface area contributed by atoms with Crippen molar-refractivity contribution in [2.45, 2.75) is 69.1 Å². The van der Waals surface area contributed by atoms with Gasteiger partial charge in [-0.25, -0.2) is 0 Å². The second-order valence-electron chi connectivity index (χ2n) is 6.93. The van der Waals surface area contributed by atoms with Crippen molar-refractivity contribution >= 4 is 23.5 Å². The van der Waals surface area contributed by atoms with Crippen molar-refractivity contribution in [1.82, 2.24) is 5.32 Å². The maximum absolute atomic E-state index is 4.00. The van der Waals surface area contributed by atoms with Crippen molar-refractivity contribution in [1.29, 1.82) is 0 Å². The Kier molecular flexibility index (Phi) is 6.48. The minimum absolute atomic E-state index is 0.847. The first-order valence-corrected chi connectivity index (χ1v) is 11.1. The van der Waals surface area contributed by atoms with Crippen molar-refractivity contribution in [3.05, 3.63) is 0 Å². The van der Waals surface area contributed by atoms with Crippen LogP contribution in [0.1, 0.15) is 57.8 Å². The third-order valence-electron chi connectivity index (χ3n) is 5.57. The lowest BCUT2D eigenvalue weighted by Gasteiger charge is -2.40. The predicted octanol–water partition coefficient (Wildman–Crippen LogP) is 4.56. The molecule has 0 bridgehead atoms. The summed E-state index contributed by atoms with van der Waals surface area (Å²) in [6, 6.07) is 0.847. The quantitative estimate of drug-likeness (QED) is 0.817. The molecule has 3 heteroatoms. The molecular weight excluding hydrogens is 282 g/mol. The van der Waals surface area contributed by atoms with Gasteiger partial charge in [0.15, 0.2) is 0 Å². The van der Waals surface area contributed by atoms with Gasteiger partial charge in [-0.15, -0.1) is 0 Å². The molecule has 0 amide bonds. The summed E-state index contributed by atoms with van der Waals surface area (Å²) < 4.78 is 0. The van der Waals surface area contributed by atoms with Crippen LogP contribution in [0.25, 0.3) is 0 Å². The fourth-order valence-electron chi connectivity index (χ4n) is 4.48. The molecule has 1 nitrogen and oxygen atoms in total. The standard InChI is InChI=1S/C17H31NS2/c1-2-6-14(7-3-1)16-8-4-5-9-17(16)18-12-15-13-19-10-11-20-15/h14-18H,1-13H2. The van der Waals surface area contributed by atoms with Crippen LogP contribution in [0.15, 0.2) is 0 Å². The minimum Gasteiger partial charge on any atom is -0.313 e. The summed E-state index contributed by atoms with van der Waals surface area (Å²) in [7, 11) is 0. The predicted molar refractivity (Wildman–Crippen MR) is 93.9 cm³/mol. The number of hydrogen-bond acceptors (Lipinski definition) is 3. The SMILES string of the molecule is C1CCC(C2CCCCC2NCC2CSCCS2)CC1. The topological polar surface area (TPSA) is 12.0 Å². The van der Waals surface area contributed by atoms with Gasteiger partial charge in [0.25, 0.3) is 0 Å². The molecule has 1 heterocycles. The van der Waals surface area contributed by atoms with E-state index in [9.17, 15) is 0 Å². The van der Waals surface area contributed by atoms with Crippen LogP contribution in [0, 0.1) is 11.8 Å². The van der Waals surface area contributed by atoms with Gasteiger partial charge in [-0.2, -0.15) is 23.5 Å². The van der Waals surface area contributed by atoms with Gasteiger partial charge in [0.05, 0.1) is 0 Å². The Morgan fingerprint density at radius 1 is 0.850 bits per heavy atom. The summed E-state index contributed by atoms with van der Waals surface area (Å²) in [6.07, 6.45) is 13.5. The minimum atomic E-state index is 0.847. The Balaban J connectivity index is 1.49. The molecule has 1 N–H and O–H groups in total. The summed E-state index contributed by atoms with van der Waals surface area (Å²) in [6.45, 7) is 1.27. The van der Waals surface area contributed by atoms with Gasteiger partial charge in [0.2, 0.25) is 0 Å². The smallest absolute Gasteiger partial charge is 0.0263 e. The Morgan fingerprint density at radius 2 is 1.65 bits per heavy atom. The average molecular weight is 314 g/mol. The van der Waals surface area contributed by atoms with E-state index in [2.05, 4.69) is 28.8 Å². The van der Waals surface area contributed by atoms with Crippen molar-refractivity contribution in [2.24, 2.45) is 11.8 Å². The van der Waals surface area contributed by atoms with Gasteiger partial charge in [-0.3, -0.25) is 0 Å². The maximum atomic E-state index is 4.00. The van der Waals surface area contributed by atoms with Crippen molar-refractivity contribution in [3.63, 3.8) is 0 Å². The van der Waals surface area contributed by atoms with Gasteiger partial charge in [0, 0.05) is 35.1 Å². The van der Waals surface area contributed by atoms with E-state index in [1.54, 1.807) is 0 Å². The highest BCUT2D eigenvalue weighted by atomic mass is 32.2. The molecule has 116 valence electrons. The van der Waals surface area contributed by atoms with Gasteiger partial charge >= 0.3 is 0 Å². The van der Waals surface area contributed by atoms with Crippen molar-refractivity contribution in [2.75, 3.05) is 23.8 Å². The van der Waals surface area contributed by atoms with Crippen LogP contribution in [-0.2, 0) is 0 Å². The number of nitrogens with one attached hydrogen (secondary N) is 1. The van der Waals surface area contributed by atoms with Crippen LogP contribution in [-0.4, -0.2) is 35.1 Å². The first kappa shape index (κ1) is 15.6. The summed E-state index contributed by atoms with van der Waals surface area (Å²) in [5.74, 6) is 6.17. The van der Waals surface area contributed by atoms with E-state index < -0.39 is 0 Å². The molecule has 1 saturated heterocycles. The zero-order chi connectivity index (χ0) is 13.6. The lowest BCUT2D eigenvalue weighted by molar-refractivity contribution is 0.151. The van der Waals surface area contributed by atoms with Crippen LogP contribution in [0.4, 0.5) is 0 Å². The number of rotatable bonds is 4. The van der Waals surface area contributed by atoms with Gasteiger partial charge in [-0.05, 0) is 24.7 Å². The fraction of sp³-hybridized carbons (Fsp3) is 1.00. The monoisotopic (exact) mass is 313 g/mol. The molecule has 0 aromatic heterocycles. The molecule has 3 aliphatic rings. The van der Waals surface area contributed by atoms with Gasteiger partial charge in [-0.1, -0.05) is 44.9 Å². The summed E-state index contributed by atoms with van der Waals surface area (Å²) in [5.41, 5.74) is 0.